The maximum atomic E-state index is 15.0. The molecular weight excluding hydrogens is 464 g/mol. The minimum absolute atomic E-state index is 0.0155. The molecule has 36 heavy (non-hydrogen) atoms. The first-order chi connectivity index (χ1) is 17.4. The number of hydrogen-bond donors (Lipinski definition) is 2. The molecule has 190 valence electrons. The first-order valence-corrected chi connectivity index (χ1v) is 12.4. The molecule has 2 aliphatic rings. The van der Waals surface area contributed by atoms with E-state index in [4.69, 9.17) is 9.47 Å². The lowest BCUT2D eigenvalue weighted by Crippen LogP contribution is -2.38. The molecule has 2 aromatic carbocycles. The van der Waals surface area contributed by atoms with Crippen molar-refractivity contribution < 1.29 is 18.3 Å². The Hall–Kier alpha value is -3.46. The van der Waals surface area contributed by atoms with Gasteiger partial charge in [0.25, 0.3) is 0 Å². The molecule has 2 aliphatic heterocycles. The molecule has 0 amide bonds. The zero-order valence-corrected chi connectivity index (χ0v) is 20.8. The van der Waals surface area contributed by atoms with E-state index in [1.54, 1.807) is 13.2 Å². The predicted octanol–water partition coefficient (Wildman–Crippen LogP) is 5.25. The average molecular weight is 496 g/mol. The molecule has 2 N–H and O–H groups in total. The molecule has 9 heteroatoms. The first-order valence-electron chi connectivity index (χ1n) is 12.4. The molecule has 1 saturated heterocycles. The second-order valence-electron chi connectivity index (χ2n) is 9.44. The van der Waals surface area contributed by atoms with E-state index in [1.807, 2.05) is 30.9 Å². The maximum absolute atomic E-state index is 15.0. The number of nitrogens with zero attached hydrogens (tertiary/aromatic N) is 3. The van der Waals surface area contributed by atoms with E-state index < -0.39 is 11.6 Å². The molecule has 0 radical (unpaired) electrons. The van der Waals surface area contributed by atoms with Gasteiger partial charge >= 0.3 is 0 Å². The van der Waals surface area contributed by atoms with Crippen LogP contribution in [0.5, 0.6) is 11.5 Å². The lowest BCUT2D eigenvalue weighted by Gasteiger charge is -2.34. The fraction of sp³-hybridized carbons (Fsp3) is 0.407. The molecule has 7 nitrogen and oxygen atoms in total. The molecule has 0 saturated carbocycles. The first kappa shape index (κ1) is 24.2. The van der Waals surface area contributed by atoms with Crippen molar-refractivity contribution in [2.24, 2.45) is 0 Å². The van der Waals surface area contributed by atoms with Crippen LogP contribution in [0.1, 0.15) is 38.2 Å². The van der Waals surface area contributed by atoms with Crippen LogP contribution in [-0.4, -0.2) is 49.4 Å². The largest absolute Gasteiger partial charge is 0.496 e. The molecule has 1 fully saturated rings. The zero-order valence-electron chi connectivity index (χ0n) is 20.8. The second-order valence-corrected chi connectivity index (χ2v) is 9.44. The SMILES string of the molecule is COc1cc(Nc2ncc(F)c(-c3cc(F)c4c(c3)N(C(C)C)CCO4)n2)ccc1C1CCNCC1. The number of ether oxygens (including phenoxy) is 2. The fourth-order valence-electron chi connectivity index (χ4n) is 4.99. The molecule has 0 spiro atoms. The van der Waals surface area contributed by atoms with Gasteiger partial charge in [-0.3, -0.25) is 0 Å². The molecule has 0 atom stereocenters. The number of piperidine rings is 1. The molecule has 0 aliphatic carbocycles. The number of hydrogen-bond acceptors (Lipinski definition) is 7. The summed E-state index contributed by atoms with van der Waals surface area (Å²) < 4.78 is 41.0. The Morgan fingerprint density at radius 1 is 1.14 bits per heavy atom. The van der Waals surface area contributed by atoms with Crippen molar-refractivity contribution >= 4 is 17.3 Å². The zero-order chi connectivity index (χ0) is 25.2. The van der Waals surface area contributed by atoms with Gasteiger partial charge in [-0.05, 0) is 69.5 Å². The van der Waals surface area contributed by atoms with Crippen LogP contribution in [0.25, 0.3) is 11.3 Å². The van der Waals surface area contributed by atoms with Crippen molar-refractivity contribution in [3.8, 4) is 22.8 Å². The summed E-state index contributed by atoms with van der Waals surface area (Å²) in [5.74, 6) is 0.452. The van der Waals surface area contributed by atoms with Crippen molar-refractivity contribution in [2.75, 3.05) is 43.6 Å². The third-order valence-corrected chi connectivity index (χ3v) is 6.82. The highest BCUT2D eigenvalue weighted by Gasteiger charge is 2.26. The Balaban J connectivity index is 1.45. The molecule has 0 bridgehead atoms. The topological polar surface area (TPSA) is 71.5 Å². The Kier molecular flexibility index (Phi) is 6.91. The van der Waals surface area contributed by atoms with Crippen LogP contribution in [-0.2, 0) is 0 Å². The number of rotatable bonds is 6. The lowest BCUT2D eigenvalue weighted by atomic mass is 9.89. The highest BCUT2D eigenvalue weighted by molar-refractivity contribution is 5.73. The van der Waals surface area contributed by atoms with Gasteiger partial charge in [0.2, 0.25) is 5.95 Å². The van der Waals surface area contributed by atoms with Crippen LogP contribution in [0.2, 0.25) is 0 Å². The molecule has 3 aromatic rings. The van der Waals surface area contributed by atoms with E-state index >= 15 is 0 Å². The van der Waals surface area contributed by atoms with E-state index in [0.717, 1.165) is 43.6 Å². The number of benzene rings is 2. The van der Waals surface area contributed by atoms with E-state index in [0.29, 0.717) is 30.3 Å². The summed E-state index contributed by atoms with van der Waals surface area (Å²) in [5, 5.41) is 6.52. The Morgan fingerprint density at radius 2 is 1.94 bits per heavy atom. The quantitative estimate of drug-likeness (QED) is 0.484. The van der Waals surface area contributed by atoms with Crippen molar-refractivity contribution in [1.82, 2.24) is 15.3 Å². The average Bonchev–Trinajstić information content (AvgIpc) is 2.89. The number of aromatic nitrogens is 2. The van der Waals surface area contributed by atoms with Crippen LogP contribution < -0.4 is 25.0 Å². The van der Waals surface area contributed by atoms with Crippen LogP contribution >= 0.6 is 0 Å². The molecular formula is C27H31F2N5O2. The van der Waals surface area contributed by atoms with Gasteiger partial charge in [0, 0.05) is 23.4 Å². The smallest absolute Gasteiger partial charge is 0.227 e. The number of halogens is 2. The highest BCUT2D eigenvalue weighted by Crippen LogP contribution is 2.40. The third kappa shape index (κ3) is 4.80. The van der Waals surface area contributed by atoms with E-state index in [1.165, 1.54) is 11.6 Å². The summed E-state index contributed by atoms with van der Waals surface area (Å²) in [6.07, 6.45) is 3.22. The van der Waals surface area contributed by atoms with Gasteiger partial charge in [0.1, 0.15) is 18.1 Å². The maximum Gasteiger partial charge on any atom is 0.227 e. The minimum Gasteiger partial charge on any atom is -0.496 e. The molecule has 0 unspecified atom stereocenters. The number of anilines is 3. The predicted molar refractivity (Wildman–Crippen MR) is 136 cm³/mol. The third-order valence-electron chi connectivity index (χ3n) is 6.82. The molecule has 3 heterocycles. The van der Waals surface area contributed by atoms with Gasteiger partial charge in [0.15, 0.2) is 17.4 Å². The second kappa shape index (κ2) is 10.3. The molecule has 1 aromatic heterocycles. The van der Waals surface area contributed by atoms with Crippen molar-refractivity contribution in [2.45, 2.75) is 38.6 Å². The van der Waals surface area contributed by atoms with Gasteiger partial charge < -0.3 is 25.0 Å². The minimum atomic E-state index is -0.633. The van der Waals surface area contributed by atoms with Crippen molar-refractivity contribution in [3.05, 3.63) is 53.7 Å². The Morgan fingerprint density at radius 3 is 2.69 bits per heavy atom. The van der Waals surface area contributed by atoms with Crippen LogP contribution in [0.4, 0.5) is 26.1 Å². The number of methoxy groups -OCH3 is 1. The summed E-state index contributed by atoms with van der Waals surface area (Å²) in [5.41, 5.74) is 2.83. The number of nitrogens with one attached hydrogen (secondary N) is 2. The Bertz CT molecular complexity index is 1250. The van der Waals surface area contributed by atoms with Crippen molar-refractivity contribution in [1.29, 1.82) is 0 Å². The van der Waals surface area contributed by atoms with Crippen LogP contribution in [0, 0.1) is 11.6 Å². The van der Waals surface area contributed by atoms with E-state index in [2.05, 4.69) is 26.7 Å². The summed E-state index contributed by atoms with van der Waals surface area (Å²) >= 11 is 0. The van der Waals surface area contributed by atoms with Gasteiger partial charge in [-0.2, -0.15) is 0 Å². The van der Waals surface area contributed by atoms with Crippen LogP contribution in [0.15, 0.2) is 36.5 Å². The normalized spacial score (nSPS) is 16.0. The Labute approximate surface area is 209 Å². The fourth-order valence-corrected chi connectivity index (χ4v) is 4.99. The summed E-state index contributed by atoms with van der Waals surface area (Å²) in [6, 6.07) is 9.03. The molecule has 5 rings (SSSR count). The lowest BCUT2D eigenvalue weighted by molar-refractivity contribution is 0.287. The summed E-state index contributed by atoms with van der Waals surface area (Å²) in [6.45, 7) is 7.06. The van der Waals surface area contributed by atoms with Crippen molar-refractivity contribution in [3.63, 3.8) is 0 Å². The van der Waals surface area contributed by atoms with Crippen LogP contribution in [0.3, 0.4) is 0 Å². The highest BCUT2D eigenvalue weighted by atomic mass is 19.1. The van der Waals surface area contributed by atoms with Gasteiger partial charge in [0.05, 0.1) is 25.5 Å². The summed E-state index contributed by atoms with van der Waals surface area (Å²) in [4.78, 5) is 10.5. The van der Waals surface area contributed by atoms with E-state index in [-0.39, 0.29) is 23.4 Å². The van der Waals surface area contributed by atoms with Gasteiger partial charge in [-0.15, -0.1) is 0 Å². The number of fused-ring (bicyclic) bond motifs is 1. The van der Waals surface area contributed by atoms with E-state index in [9.17, 15) is 8.78 Å². The summed E-state index contributed by atoms with van der Waals surface area (Å²) in [7, 11) is 1.66. The van der Waals surface area contributed by atoms with Gasteiger partial charge in [-0.25, -0.2) is 18.7 Å². The standard InChI is InChI=1S/C27H31F2N5O2/c1-16(2)34-10-11-36-26-21(28)12-18(13-23(26)34)25-22(29)15-31-27(33-25)32-19-4-5-20(24(14-19)35-3)17-6-8-30-9-7-17/h4-5,12-17,30H,6-11H2,1-3H3,(H,31,32,33). The monoisotopic (exact) mass is 495 g/mol. The van der Waals surface area contributed by atoms with Gasteiger partial charge in [-0.1, -0.05) is 6.07 Å².